The molecule has 3 atom stereocenters. The molecule has 2 nitrogen and oxygen atoms in total. The maximum absolute atomic E-state index is 5.47. The summed E-state index contributed by atoms with van der Waals surface area (Å²) in [6.45, 7) is 3.30. The monoisotopic (exact) mass is 273 g/mol. The topological polar surface area (TPSA) is 12.5 Å². The Morgan fingerprint density at radius 3 is 2.47 bits per heavy atom. The fourth-order valence-corrected chi connectivity index (χ4v) is 4.39. The van der Waals surface area contributed by atoms with Crippen molar-refractivity contribution in [2.45, 2.75) is 49.0 Å². The summed E-state index contributed by atoms with van der Waals surface area (Å²) < 4.78 is 5.47. The van der Waals surface area contributed by atoms with Crippen LogP contribution in [0.5, 0.6) is 0 Å². The minimum absolute atomic E-state index is 0.783. The molecule has 0 radical (unpaired) electrons. The normalized spacial score (nSPS) is 46.2. The number of piperidine rings is 1. The molecule has 3 saturated heterocycles. The van der Waals surface area contributed by atoms with Gasteiger partial charge in [-0.05, 0) is 38.0 Å². The van der Waals surface area contributed by atoms with Gasteiger partial charge >= 0.3 is 0 Å². The second-order valence-corrected chi connectivity index (χ2v) is 6.68. The van der Waals surface area contributed by atoms with Crippen molar-refractivity contribution in [2.24, 2.45) is 5.92 Å². The van der Waals surface area contributed by atoms with Crippen molar-refractivity contribution in [3.05, 3.63) is 0 Å². The molecule has 2 bridgehead atoms. The number of fused-ring (bicyclic) bond motifs is 2. The fourth-order valence-electron chi connectivity index (χ4n) is 3.53. The molecular weight excluding hydrogens is 254 g/mol. The van der Waals surface area contributed by atoms with E-state index in [1.165, 1.54) is 38.6 Å². The summed E-state index contributed by atoms with van der Waals surface area (Å²) in [5, 5.41) is 0. The highest BCUT2D eigenvalue weighted by molar-refractivity contribution is 9.09. The summed E-state index contributed by atoms with van der Waals surface area (Å²) >= 11 is 3.80. The predicted molar refractivity (Wildman–Crippen MR) is 64.4 cm³/mol. The Balaban J connectivity index is 1.61. The predicted octanol–water partition coefficient (Wildman–Crippen LogP) is 2.41. The van der Waals surface area contributed by atoms with Crippen LogP contribution in [-0.2, 0) is 4.74 Å². The van der Waals surface area contributed by atoms with Crippen molar-refractivity contribution in [3.63, 3.8) is 0 Å². The number of alkyl halides is 1. The van der Waals surface area contributed by atoms with Gasteiger partial charge in [0.1, 0.15) is 0 Å². The summed E-state index contributed by atoms with van der Waals surface area (Å²) in [6.07, 6.45) is 6.88. The Morgan fingerprint density at radius 1 is 1.13 bits per heavy atom. The van der Waals surface area contributed by atoms with Gasteiger partial charge in [-0.1, -0.05) is 15.9 Å². The quantitative estimate of drug-likeness (QED) is 0.717. The van der Waals surface area contributed by atoms with Crippen molar-refractivity contribution in [2.75, 3.05) is 19.8 Å². The van der Waals surface area contributed by atoms with Gasteiger partial charge in [0.2, 0.25) is 0 Å². The van der Waals surface area contributed by atoms with E-state index in [1.807, 2.05) is 0 Å². The van der Waals surface area contributed by atoms with Crippen LogP contribution < -0.4 is 0 Å². The lowest BCUT2D eigenvalue weighted by atomic mass is 9.99. The van der Waals surface area contributed by atoms with Crippen LogP contribution in [-0.4, -0.2) is 41.6 Å². The Labute approximate surface area is 100 Å². The molecule has 3 fully saturated rings. The number of rotatable bonds is 2. The van der Waals surface area contributed by atoms with Crippen LogP contribution in [0, 0.1) is 5.92 Å². The molecule has 0 N–H and O–H groups in total. The molecule has 3 aliphatic heterocycles. The zero-order chi connectivity index (χ0) is 10.3. The van der Waals surface area contributed by atoms with Crippen LogP contribution in [0.25, 0.3) is 0 Å². The van der Waals surface area contributed by atoms with E-state index in [9.17, 15) is 0 Å². The second-order valence-electron chi connectivity index (χ2n) is 5.38. The summed E-state index contributed by atoms with van der Waals surface area (Å²) in [4.78, 5) is 3.57. The molecule has 86 valence electrons. The van der Waals surface area contributed by atoms with Crippen LogP contribution >= 0.6 is 15.9 Å². The average molecular weight is 274 g/mol. The maximum Gasteiger partial charge on any atom is 0.0507 e. The lowest BCUT2D eigenvalue weighted by molar-refractivity contribution is 0.111. The third-order valence-corrected chi connectivity index (χ3v) is 5.07. The van der Waals surface area contributed by atoms with E-state index in [1.54, 1.807) is 0 Å². The van der Waals surface area contributed by atoms with E-state index in [0.717, 1.165) is 36.0 Å². The van der Waals surface area contributed by atoms with Crippen LogP contribution in [0.15, 0.2) is 0 Å². The van der Waals surface area contributed by atoms with Crippen molar-refractivity contribution >= 4 is 15.9 Å². The van der Waals surface area contributed by atoms with Gasteiger partial charge in [0.25, 0.3) is 0 Å². The Bertz CT molecular complexity index is 216. The first-order valence-electron chi connectivity index (χ1n) is 6.30. The minimum Gasteiger partial charge on any atom is -0.381 e. The molecule has 0 aliphatic carbocycles. The molecule has 0 aromatic rings. The third kappa shape index (κ3) is 2.11. The van der Waals surface area contributed by atoms with Crippen LogP contribution in [0.4, 0.5) is 0 Å². The first-order chi connectivity index (χ1) is 7.33. The summed E-state index contributed by atoms with van der Waals surface area (Å²) in [7, 11) is 0. The lowest BCUT2D eigenvalue weighted by Gasteiger charge is -2.38. The number of hydrogen-bond donors (Lipinski definition) is 0. The summed E-state index contributed by atoms with van der Waals surface area (Å²) in [5.41, 5.74) is 0. The first-order valence-corrected chi connectivity index (χ1v) is 7.22. The van der Waals surface area contributed by atoms with Gasteiger partial charge in [-0.25, -0.2) is 0 Å². The molecule has 3 aliphatic rings. The molecule has 0 aromatic carbocycles. The van der Waals surface area contributed by atoms with Gasteiger partial charge < -0.3 is 4.74 Å². The third-order valence-electron chi connectivity index (χ3n) is 4.32. The van der Waals surface area contributed by atoms with Gasteiger partial charge in [-0.15, -0.1) is 0 Å². The highest BCUT2D eigenvalue weighted by Gasteiger charge is 2.40. The number of halogens is 1. The van der Waals surface area contributed by atoms with Crippen LogP contribution in [0.3, 0.4) is 0 Å². The largest absolute Gasteiger partial charge is 0.381 e. The van der Waals surface area contributed by atoms with Gasteiger partial charge in [-0.3, -0.25) is 4.90 Å². The van der Waals surface area contributed by atoms with Crippen molar-refractivity contribution in [1.82, 2.24) is 4.90 Å². The number of hydrogen-bond acceptors (Lipinski definition) is 2. The van der Waals surface area contributed by atoms with Crippen LogP contribution in [0.2, 0.25) is 0 Å². The molecule has 15 heavy (non-hydrogen) atoms. The van der Waals surface area contributed by atoms with E-state index < -0.39 is 0 Å². The Morgan fingerprint density at radius 2 is 1.87 bits per heavy atom. The first kappa shape index (κ1) is 10.5. The maximum atomic E-state index is 5.47. The number of nitrogens with zero attached hydrogens (tertiary/aromatic N) is 1. The second kappa shape index (κ2) is 4.34. The summed E-state index contributed by atoms with van der Waals surface area (Å²) in [5.74, 6) is 0.819. The zero-order valence-electron chi connectivity index (χ0n) is 9.20. The van der Waals surface area contributed by atoms with Gasteiger partial charge in [0, 0.05) is 30.1 Å². The highest BCUT2D eigenvalue weighted by atomic mass is 79.9. The Hall–Kier alpha value is 0.400. The van der Waals surface area contributed by atoms with E-state index in [-0.39, 0.29) is 0 Å². The lowest BCUT2D eigenvalue weighted by Crippen LogP contribution is -2.45. The molecule has 3 heterocycles. The molecule has 0 saturated carbocycles. The highest BCUT2D eigenvalue weighted by Crippen LogP contribution is 2.39. The molecule has 0 spiro atoms. The minimum atomic E-state index is 0.783. The average Bonchev–Trinajstić information content (AvgIpc) is 2.77. The number of ether oxygens (including phenoxy) is 1. The Kier molecular flexibility index (Phi) is 3.05. The van der Waals surface area contributed by atoms with Crippen molar-refractivity contribution in [1.29, 1.82) is 0 Å². The SMILES string of the molecule is BrC1CC2CCC(C1)N2CC1CCOC1. The smallest absolute Gasteiger partial charge is 0.0507 e. The molecule has 3 unspecified atom stereocenters. The van der Waals surface area contributed by atoms with Gasteiger partial charge in [0.15, 0.2) is 0 Å². The van der Waals surface area contributed by atoms with Gasteiger partial charge in [0.05, 0.1) is 6.61 Å². The van der Waals surface area contributed by atoms with Crippen molar-refractivity contribution < 1.29 is 4.74 Å². The molecule has 0 amide bonds. The molecular formula is C12H20BrNO. The van der Waals surface area contributed by atoms with E-state index in [4.69, 9.17) is 4.74 Å². The van der Waals surface area contributed by atoms with E-state index in [2.05, 4.69) is 20.8 Å². The molecule has 3 heteroatoms. The van der Waals surface area contributed by atoms with Crippen molar-refractivity contribution in [3.8, 4) is 0 Å². The van der Waals surface area contributed by atoms with Crippen LogP contribution in [0.1, 0.15) is 32.1 Å². The zero-order valence-corrected chi connectivity index (χ0v) is 10.8. The summed E-state index contributed by atoms with van der Waals surface area (Å²) in [6, 6.07) is 1.74. The van der Waals surface area contributed by atoms with Gasteiger partial charge in [-0.2, -0.15) is 0 Å². The fraction of sp³-hybridized carbons (Fsp3) is 1.00. The van der Waals surface area contributed by atoms with E-state index >= 15 is 0 Å². The molecule has 3 rings (SSSR count). The van der Waals surface area contributed by atoms with E-state index in [0.29, 0.717) is 0 Å². The molecule has 0 aromatic heterocycles. The standard InChI is InChI=1S/C12H20BrNO/c13-10-5-11-1-2-12(6-10)14(11)7-9-3-4-15-8-9/h9-12H,1-8H2.